The molecule has 19 valence electrons. The first-order chi connectivity index (χ1) is 1.91. The Balaban J connectivity index is 1.97. The smallest absolute Gasteiger partial charge is 0.206 e. The Morgan fingerprint density at radius 1 is 2.00 bits per heavy atom. The Hall–Kier alpha value is 0.910. The van der Waals surface area contributed by atoms with Gasteiger partial charge in [-0.2, -0.15) is 8.34 Å². The van der Waals surface area contributed by atoms with Crippen molar-refractivity contribution in [3.05, 3.63) is 0 Å². The number of thiol groups is 1. The molecule has 3 radical (unpaired) electrons. The van der Waals surface area contributed by atoms with E-state index in [4.69, 9.17) is 7.57 Å². The molecular weight excluding hydrogens is 84.7 g/mol. The first-order valence-electron chi connectivity index (χ1n) is 0.836. The van der Waals surface area contributed by atoms with Gasteiger partial charge in [-0.25, -0.2) is 12.5 Å². The fourth-order valence-electron chi connectivity index (χ4n) is 0. The Morgan fingerprint density at radius 2 is 2.25 bits per heavy atom. The van der Waals surface area contributed by atoms with Gasteiger partial charge in [-0.1, -0.05) is 0 Å². The van der Waals surface area contributed by atoms with E-state index in [0.29, 0.717) is 8.34 Å². The summed E-state index contributed by atoms with van der Waals surface area (Å²) in [6, 6.07) is 0. The Bertz CT molecular complexity index is 8.00. The van der Waals surface area contributed by atoms with E-state index in [9.17, 15) is 0 Å². The summed E-state index contributed by atoms with van der Waals surface area (Å²) in [6.07, 6.45) is 1.62. The summed E-state index contributed by atoms with van der Waals surface area (Å²) >= 11 is 3.68. The number of hydrogen-bond acceptors (Lipinski definition) is 1. The van der Waals surface area contributed by atoms with E-state index in [2.05, 4.69) is 12.5 Å². The van der Waals surface area contributed by atoms with Crippen molar-refractivity contribution in [1.82, 2.24) is 0 Å². The first kappa shape index (κ1) is 4.91. The molecule has 0 rings (SSSR count). The van der Waals surface area contributed by atoms with Crippen LogP contribution in [0.25, 0.3) is 0 Å². The third-order valence-corrected chi connectivity index (χ3v) is 0.671. The third kappa shape index (κ3) is 2.91. The average molecular weight is 86.7 g/mol. The second kappa shape index (κ2) is 3.91. The highest BCUT2D eigenvalue weighted by atomic mass is 32.1. The van der Waals surface area contributed by atoms with Crippen molar-refractivity contribution in [1.29, 1.82) is 0 Å². The van der Waals surface area contributed by atoms with Crippen LogP contribution in [0.3, 0.4) is 0 Å². The van der Waals surface area contributed by atoms with Crippen molar-refractivity contribution in [2.24, 2.45) is 0 Å². The summed E-state index contributed by atoms with van der Waals surface area (Å²) < 4.78 is 0. The van der Waals surface area contributed by atoms with E-state index in [1.54, 1.807) is 6.28 Å². The SMILES string of the molecule is [B]P[B]S. The highest BCUT2D eigenvalue weighted by molar-refractivity contribution is 8.27. The molecular formula is H2B2PS. The summed E-state index contributed by atoms with van der Waals surface area (Å²) in [5.74, 6) is 0. The largest absolute Gasteiger partial charge is 0.229 e. The van der Waals surface area contributed by atoms with Crippen molar-refractivity contribution in [2.45, 2.75) is 0 Å². The van der Waals surface area contributed by atoms with Crippen LogP contribution in [0, 0.1) is 0 Å². The lowest BCUT2D eigenvalue weighted by atomic mass is 10.7. The second-order valence-electron chi connectivity index (χ2n) is 0.296. The molecule has 4 heteroatoms. The van der Waals surface area contributed by atoms with Crippen LogP contribution in [0.1, 0.15) is 0 Å². The standard InChI is InChI=1S/B2H2PS/c1-3-2-4/h3-4H. The zero-order valence-electron chi connectivity index (χ0n) is 2.10. The van der Waals surface area contributed by atoms with Gasteiger partial charge in [0, 0.05) is 0 Å². The van der Waals surface area contributed by atoms with Gasteiger partial charge in [-0.3, -0.25) is 0 Å². The van der Waals surface area contributed by atoms with Gasteiger partial charge in [0.05, 0.1) is 7.57 Å². The highest BCUT2D eigenvalue weighted by Crippen LogP contribution is 1.94. The van der Waals surface area contributed by atoms with Gasteiger partial charge in [0.15, 0.2) is 0 Å². The average Bonchev–Trinajstić information content (AvgIpc) is 1.37. The zero-order chi connectivity index (χ0) is 3.41. The predicted molar refractivity (Wildman–Crippen MR) is 28.8 cm³/mol. The van der Waals surface area contributed by atoms with Gasteiger partial charge in [-0.05, 0) is 0 Å². The third-order valence-electron chi connectivity index (χ3n) is 0.0745. The van der Waals surface area contributed by atoms with Crippen LogP contribution in [-0.2, 0) is 0 Å². The van der Waals surface area contributed by atoms with Crippen LogP contribution in [-0.4, -0.2) is 13.8 Å². The minimum absolute atomic E-state index is 0.380. The lowest BCUT2D eigenvalue weighted by Crippen LogP contribution is -1.51. The highest BCUT2D eigenvalue weighted by Gasteiger charge is 1.62. The van der Waals surface area contributed by atoms with Crippen molar-refractivity contribution >= 4 is 34.7 Å². The number of rotatable bonds is 1. The zero-order valence-corrected chi connectivity index (χ0v) is 4.00. The molecule has 0 heterocycles. The van der Waals surface area contributed by atoms with E-state index >= 15 is 0 Å². The van der Waals surface area contributed by atoms with Gasteiger partial charge in [-0.15, -0.1) is 0 Å². The quantitative estimate of drug-likeness (QED) is 0.263. The normalized spacial score (nSPS) is 9.25. The molecule has 4 heavy (non-hydrogen) atoms. The molecule has 0 aromatic rings. The molecule has 0 aliphatic carbocycles. The Morgan fingerprint density at radius 3 is 2.25 bits per heavy atom. The fourth-order valence-corrected chi connectivity index (χ4v) is 0. The number of hydrogen-bond donors (Lipinski definition) is 1. The van der Waals surface area contributed by atoms with Crippen LogP contribution in [0.2, 0.25) is 0 Å². The van der Waals surface area contributed by atoms with Gasteiger partial charge in [0.2, 0.25) is 6.28 Å². The van der Waals surface area contributed by atoms with Crippen molar-refractivity contribution in [3.8, 4) is 0 Å². The fraction of sp³-hybridized carbons (Fsp3) is 0. The molecule has 0 bridgehead atoms. The van der Waals surface area contributed by atoms with Gasteiger partial charge < -0.3 is 0 Å². The molecule has 0 nitrogen and oxygen atoms in total. The summed E-state index contributed by atoms with van der Waals surface area (Å²) in [5.41, 5.74) is 0. The molecule has 0 fully saturated rings. The van der Waals surface area contributed by atoms with Crippen LogP contribution >= 0.6 is 20.8 Å². The van der Waals surface area contributed by atoms with Gasteiger partial charge in [0.25, 0.3) is 0 Å². The van der Waals surface area contributed by atoms with Crippen LogP contribution in [0.4, 0.5) is 0 Å². The molecule has 0 aliphatic rings. The van der Waals surface area contributed by atoms with Crippen LogP contribution < -0.4 is 0 Å². The maximum atomic E-state index is 4.92. The van der Waals surface area contributed by atoms with E-state index in [0.717, 1.165) is 0 Å². The second-order valence-corrected chi connectivity index (χ2v) is 1.66. The first-order valence-corrected chi connectivity index (χ1v) is 2.51. The van der Waals surface area contributed by atoms with E-state index in [-0.39, 0.29) is 0 Å². The molecule has 0 saturated carbocycles. The monoisotopic (exact) mass is 87.0 g/mol. The minimum Gasteiger partial charge on any atom is -0.229 e. The maximum absolute atomic E-state index is 4.92. The predicted octanol–water partition coefficient (Wildman–Crippen LogP) is 0.212. The maximum Gasteiger partial charge on any atom is 0.206 e. The topological polar surface area (TPSA) is 0 Å². The molecule has 0 aromatic carbocycles. The van der Waals surface area contributed by atoms with Crippen molar-refractivity contribution in [2.75, 3.05) is 0 Å². The summed E-state index contributed by atoms with van der Waals surface area (Å²) in [7, 11) is 5.30. The van der Waals surface area contributed by atoms with Crippen molar-refractivity contribution < 1.29 is 0 Å². The minimum atomic E-state index is 0.380. The molecule has 0 aromatic heterocycles. The lowest BCUT2D eigenvalue weighted by molar-refractivity contribution is 4.67. The Kier molecular flexibility index (Phi) is 4.80. The summed E-state index contributed by atoms with van der Waals surface area (Å²) in [6.45, 7) is 0. The Labute approximate surface area is 35.4 Å². The lowest BCUT2D eigenvalue weighted by Gasteiger charge is -1.64. The molecule has 0 aliphatic heterocycles. The molecule has 0 amide bonds. The van der Waals surface area contributed by atoms with E-state index < -0.39 is 0 Å². The molecule has 0 spiro atoms. The van der Waals surface area contributed by atoms with Gasteiger partial charge >= 0.3 is 0 Å². The van der Waals surface area contributed by atoms with E-state index in [1.165, 1.54) is 0 Å². The van der Waals surface area contributed by atoms with Crippen molar-refractivity contribution in [3.63, 3.8) is 0 Å². The van der Waals surface area contributed by atoms with Crippen LogP contribution in [0.15, 0.2) is 0 Å². The summed E-state index contributed by atoms with van der Waals surface area (Å²) in [5, 5.41) is 0. The van der Waals surface area contributed by atoms with Crippen LogP contribution in [0.5, 0.6) is 0 Å². The molecule has 0 saturated heterocycles. The molecule has 1 unspecified atom stereocenters. The van der Waals surface area contributed by atoms with E-state index in [1.807, 2.05) is 0 Å². The molecule has 0 N–H and O–H groups in total. The molecule has 1 atom stereocenters. The van der Waals surface area contributed by atoms with Gasteiger partial charge in [0.1, 0.15) is 0 Å². The summed E-state index contributed by atoms with van der Waals surface area (Å²) in [4.78, 5) is 0.